The lowest BCUT2D eigenvalue weighted by molar-refractivity contribution is -0.275. The highest BCUT2D eigenvalue weighted by molar-refractivity contribution is 5.40. The highest BCUT2D eigenvalue weighted by Crippen LogP contribution is 2.39. The van der Waals surface area contributed by atoms with Gasteiger partial charge in [0.05, 0.1) is 7.11 Å². The lowest BCUT2D eigenvalue weighted by Crippen LogP contribution is -2.21. The lowest BCUT2D eigenvalue weighted by Gasteiger charge is -2.16. The molecule has 0 spiro atoms. The van der Waals surface area contributed by atoms with Gasteiger partial charge in [-0.2, -0.15) is 13.2 Å². The summed E-state index contributed by atoms with van der Waals surface area (Å²) in [6, 6.07) is 0.154. The van der Waals surface area contributed by atoms with Gasteiger partial charge in [-0.1, -0.05) is 0 Å². The summed E-state index contributed by atoms with van der Waals surface area (Å²) in [5, 5.41) is 0. The van der Waals surface area contributed by atoms with E-state index in [0.717, 1.165) is 7.11 Å². The summed E-state index contributed by atoms with van der Waals surface area (Å²) in [5.41, 5.74) is 3.13. The molecule has 1 rings (SSSR count). The molecule has 0 saturated carbocycles. The van der Waals surface area contributed by atoms with Gasteiger partial charge in [0.2, 0.25) is 5.88 Å². The van der Waals surface area contributed by atoms with Crippen LogP contribution >= 0.6 is 0 Å². The Morgan fingerprint density at radius 1 is 1.21 bits per heavy atom. The molecule has 19 heavy (non-hydrogen) atoms. The van der Waals surface area contributed by atoms with Crippen LogP contribution in [0.1, 0.15) is 11.3 Å². The summed E-state index contributed by atoms with van der Waals surface area (Å²) in [5.74, 6) is -1.98. The molecule has 1 aromatic rings. The summed E-state index contributed by atoms with van der Waals surface area (Å²) in [6.07, 6.45) is -10.1. The van der Waals surface area contributed by atoms with Crippen molar-refractivity contribution in [3.05, 3.63) is 17.3 Å². The zero-order chi connectivity index (χ0) is 14.8. The topological polar surface area (TPSA) is 57.4 Å². The molecular weight excluding hydrogens is 282 g/mol. The number of aromatic nitrogens is 1. The average molecular weight is 290 g/mol. The van der Waals surface area contributed by atoms with Crippen molar-refractivity contribution < 1.29 is 35.8 Å². The van der Waals surface area contributed by atoms with Crippen molar-refractivity contribution in [3.63, 3.8) is 0 Å². The first-order valence-corrected chi connectivity index (χ1v) is 4.69. The molecule has 0 amide bonds. The minimum atomic E-state index is -5.15. The van der Waals surface area contributed by atoms with Gasteiger partial charge in [0.1, 0.15) is 11.3 Å². The number of nitrogens with two attached hydrogens (primary N) is 1. The van der Waals surface area contributed by atoms with Gasteiger partial charge >= 0.3 is 12.5 Å². The van der Waals surface area contributed by atoms with E-state index in [9.17, 15) is 26.3 Å². The third-order valence-corrected chi connectivity index (χ3v) is 1.94. The summed E-state index contributed by atoms with van der Waals surface area (Å²) < 4.78 is 81.8. The Morgan fingerprint density at radius 2 is 1.79 bits per heavy atom. The number of pyridine rings is 1. The number of hydrogen-bond donors (Lipinski definition) is 1. The fraction of sp³-hybridized carbons (Fsp3) is 0.444. The highest BCUT2D eigenvalue weighted by atomic mass is 19.4. The Hall–Kier alpha value is -1.71. The molecule has 2 N–H and O–H groups in total. The number of rotatable bonds is 3. The first-order chi connectivity index (χ1) is 8.58. The van der Waals surface area contributed by atoms with Crippen LogP contribution in [-0.4, -0.2) is 18.5 Å². The maximum atomic E-state index is 12.6. The summed E-state index contributed by atoms with van der Waals surface area (Å²) in [6.45, 7) is -0.542. The molecule has 0 aliphatic rings. The van der Waals surface area contributed by atoms with E-state index in [1.807, 2.05) is 0 Å². The van der Waals surface area contributed by atoms with Crippen molar-refractivity contribution in [1.29, 1.82) is 0 Å². The molecule has 4 nitrogen and oxygen atoms in total. The lowest BCUT2D eigenvalue weighted by atomic mass is 10.2. The fourth-order valence-corrected chi connectivity index (χ4v) is 1.23. The number of alkyl halides is 6. The monoisotopic (exact) mass is 290 g/mol. The van der Waals surface area contributed by atoms with E-state index in [2.05, 4.69) is 14.5 Å². The fourth-order valence-electron chi connectivity index (χ4n) is 1.23. The van der Waals surface area contributed by atoms with E-state index >= 15 is 0 Å². The molecule has 0 aliphatic carbocycles. The van der Waals surface area contributed by atoms with E-state index in [1.165, 1.54) is 0 Å². The summed E-state index contributed by atoms with van der Waals surface area (Å²) in [4.78, 5) is 3.27. The molecule has 1 heterocycles. The van der Waals surface area contributed by atoms with Crippen molar-refractivity contribution in [3.8, 4) is 11.6 Å². The first-order valence-electron chi connectivity index (χ1n) is 4.69. The minimum absolute atomic E-state index is 0.154. The van der Waals surface area contributed by atoms with Gasteiger partial charge in [-0.3, -0.25) is 0 Å². The molecular formula is C9H8F6N2O2. The standard InChI is InChI=1S/C9H8F6N2O2/c1-18-7-4(8(10,11)12)2-6(5(3-16)17-7)19-9(13,14)15/h2H,3,16H2,1H3. The van der Waals surface area contributed by atoms with Gasteiger partial charge < -0.3 is 15.2 Å². The second-order valence-electron chi connectivity index (χ2n) is 3.24. The van der Waals surface area contributed by atoms with Gasteiger partial charge in [0.25, 0.3) is 0 Å². The van der Waals surface area contributed by atoms with E-state index < -0.39 is 42.0 Å². The normalized spacial score (nSPS) is 12.4. The summed E-state index contributed by atoms with van der Waals surface area (Å²) >= 11 is 0. The molecule has 10 heteroatoms. The number of halogens is 6. The third kappa shape index (κ3) is 3.88. The molecule has 0 unspecified atom stereocenters. The predicted molar refractivity (Wildman–Crippen MR) is 50.4 cm³/mol. The molecule has 0 radical (unpaired) electrons. The third-order valence-electron chi connectivity index (χ3n) is 1.94. The van der Waals surface area contributed by atoms with Crippen LogP contribution in [0.25, 0.3) is 0 Å². The van der Waals surface area contributed by atoms with Crippen LogP contribution in [0.15, 0.2) is 6.07 Å². The van der Waals surface area contributed by atoms with Crippen LogP contribution in [0.3, 0.4) is 0 Å². The van der Waals surface area contributed by atoms with E-state index in [4.69, 9.17) is 5.73 Å². The second kappa shape index (κ2) is 5.11. The first kappa shape index (κ1) is 15.3. The zero-order valence-corrected chi connectivity index (χ0v) is 9.39. The van der Waals surface area contributed by atoms with Crippen LogP contribution < -0.4 is 15.2 Å². The number of methoxy groups -OCH3 is 1. The smallest absolute Gasteiger partial charge is 0.481 e. The number of ether oxygens (including phenoxy) is 2. The molecule has 0 saturated heterocycles. The zero-order valence-electron chi connectivity index (χ0n) is 9.39. The predicted octanol–water partition coefficient (Wildman–Crippen LogP) is 2.47. The van der Waals surface area contributed by atoms with E-state index in [-0.39, 0.29) is 6.07 Å². The van der Waals surface area contributed by atoms with Gasteiger partial charge in [0.15, 0.2) is 5.75 Å². The molecule has 0 fully saturated rings. The van der Waals surface area contributed by atoms with Crippen molar-refractivity contribution in [2.45, 2.75) is 19.1 Å². The second-order valence-corrected chi connectivity index (χ2v) is 3.24. The quantitative estimate of drug-likeness (QED) is 0.869. The Balaban J connectivity index is 3.38. The summed E-state index contributed by atoms with van der Waals surface area (Å²) in [7, 11) is 0.905. The van der Waals surface area contributed by atoms with Crippen LogP contribution in [0, 0.1) is 0 Å². The Bertz CT molecular complexity index is 457. The molecule has 0 aliphatic heterocycles. The Kier molecular flexibility index (Phi) is 4.13. The van der Waals surface area contributed by atoms with E-state index in [0.29, 0.717) is 0 Å². The van der Waals surface area contributed by atoms with Gasteiger partial charge in [0, 0.05) is 12.6 Å². The Morgan fingerprint density at radius 3 is 2.16 bits per heavy atom. The van der Waals surface area contributed by atoms with E-state index in [1.54, 1.807) is 0 Å². The maximum absolute atomic E-state index is 12.6. The Labute approximate surface area is 103 Å². The van der Waals surface area contributed by atoms with Crippen LogP contribution in [-0.2, 0) is 12.7 Å². The van der Waals surface area contributed by atoms with Gasteiger partial charge in [-0.25, -0.2) is 4.98 Å². The van der Waals surface area contributed by atoms with Crippen molar-refractivity contribution in [2.24, 2.45) is 5.73 Å². The molecule has 108 valence electrons. The number of nitrogens with zero attached hydrogens (tertiary/aromatic N) is 1. The highest BCUT2D eigenvalue weighted by Gasteiger charge is 2.39. The van der Waals surface area contributed by atoms with Gasteiger partial charge in [-0.05, 0) is 0 Å². The average Bonchev–Trinajstić information content (AvgIpc) is 2.25. The van der Waals surface area contributed by atoms with Crippen LogP contribution in [0.4, 0.5) is 26.3 Å². The minimum Gasteiger partial charge on any atom is -0.481 e. The van der Waals surface area contributed by atoms with Crippen LogP contribution in [0.5, 0.6) is 11.6 Å². The van der Waals surface area contributed by atoms with Crippen molar-refractivity contribution >= 4 is 0 Å². The molecule has 0 atom stereocenters. The molecule has 0 aromatic carbocycles. The van der Waals surface area contributed by atoms with Crippen molar-refractivity contribution in [1.82, 2.24) is 4.98 Å². The molecule has 1 aromatic heterocycles. The van der Waals surface area contributed by atoms with Crippen molar-refractivity contribution in [2.75, 3.05) is 7.11 Å². The molecule has 0 bridgehead atoms. The largest absolute Gasteiger partial charge is 0.573 e. The van der Waals surface area contributed by atoms with Crippen LogP contribution in [0.2, 0.25) is 0 Å². The number of hydrogen-bond acceptors (Lipinski definition) is 4. The maximum Gasteiger partial charge on any atom is 0.573 e. The SMILES string of the molecule is COc1nc(CN)c(OC(F)(F)F)cc1C(F)(F)F. The van der Waals surface area contributed by atoms with Gasteiger partial charge in [-0.15, -0.1) is 13.2 Å².